The summed E-state index contributed by atoms with van der Waals surface area (Å²) in [6, 6.07) is 18.5. The summed E-state index contributed by atoms with van der Waals surface area (Å²) >= 11 is 12.4. The number of alkyl halides is 2. The van der Waals surface area contributed by atoms with E-state index in [9.17, 15) is 4.79 Å². The second kappa shape index (κ2) is 6.81. The highest BCUT2D eigenvalue weighted by Crippen LogP contribution is 2.21. The Labute approximate surface area is 149 Å². The van der Waals surface area contributed by atoms with Gasteiger partial charge in [-0.1, -0.05) is 59.6 Å². The van der Waals surface area contributed by atoms with Crippen molar-refractivity contribution in [3.8, 4) is 0 Å². The van der Waals surface area contributed by atoms with Crippen LogP contribution in [0.25, 0.3) is 0 Å². The number of amidine groups is 1. The highest BCUT2D eigenvalue weighted by atomic mass is 35.5. The van der Waals surface area contributed by atoms with Crippen LogP contribution in [0.3, 0.4) is 0 Å². The van der Waals surface area contributed by atoms with E-state index in [-0.39, 0.29) is 5.91 Å². The molecule has 0 fully saturated rings. The fraction of sp³-hybridized carbons (Fsp3) is 0.176. The molecule has 0 spiro atoms. The van der Waals surface area contributed by atoms with Crippen molar-refractivity contribution in [1.29, 1.82) is 0 Å². The molecule has 0 saturated heterocycles. The molecular weight excluding hydrogens is 347 g/mol. The van der Waals surface area contributed by atoms with Crippen molar-refractivity contribution >= 4 is 34.9 Å². The Morgan fingerprint density at radius 2 is 1.71 bits per heavy atom. The number of nitrogens with one attached hydrogen (secondary N) is 3. The number of rotatable bonds is 4. The normalized spacial score (nSPS) is 22.8. The van der Waals surface area contributed by atoms with Gasteiger partial charge in [-0.25, -0.2) is 10.3 Å². The Morgan fingerprint density at radius 3 is 2.29 bits per heavy atom. The van der Waals surface area contributed by atoms with Crippen molar-refractivity contribution in [2.75, 3.05) is 0 Å². The molecule has 0 unspecified atom stereocenters. The predicted octanol–water partition coefficient (Wildman–Crippen LogP) is -0.385. The molecule has 0 radical (unpaired) electrons. The van der Waals surface area contributed by atoms with E-state index < -0.39 is 16.7 Å². The van der Waals surface area contributed by atoms with Gasteiger partial charge in [0.15, 0.2) is 4.84 Å². The minimum Gasteiger partial charge on any atom is -0.314 e. The van der Waals surface area contributed by atoms with Crippen molar-refractivity contribution < 1.29 is 15.5 Å². The van der Waals surface area contributed by atoms with Gasteiger partial charge in [-0.3, -0.25) is 4.79 Å². The highest BCUT2D eigenvalue weighted by Gasteiger charge is 2.58. The molecule has 0 aromatic heterocycles. The lowest BCUT2D eigenvalue weighted by Crippen LogP contribution is -2.98. The van der Waals surface area contributed by atoms with Gasteiger partial charge in [-0.15, -0.1) is 0 Å². The zero-order valence-corrected chi connectivity index (χ0v) is 14.3. The summed E-state index contributed by atoms with van der Waals surface area (Å²) in [5.41, 5.74) is 4.38. The topological polar surface area (TPSA) is 82.7 Å². The van der Waals surface area contributed by atoms with Crippen LogP contribution < -0.4 is 21.4 Å². The van der Waals surface area contributed by atoms with E-state index in [1.54, 1.807) is 24.3 Å². The average molecular weight is 365 g/mol. The summed E-state index contributed by atoms with van der Waals surface area (Å²) in [5.74, 6) is 0.439. The Kier molecular flexibility index (Phi) is 4.76. The standard InChI is InChI=1S/C17H16Cl2N4O/c18-15(19)17(23-14(24)12-9-5-2-6-10-12)16(20)21-13(22-17)11-7-3-1-4-8-11/h1-10,15-16H,20H2,(H,21,22)(H,23,24)/p+2/t16-,17+/m1/s1. The summed E-state index contributed by atoms with van der Waals surface area (Å²) in [7, 11) is 0. The molecule has 6 N–H and O–H groups in total. The summed E-state index contributed by atoms with van der Waals surface area (Å²) in [6.07, 6.45) is -0.458. The summed E-state index contributed by atoms with van der Waals surface area (Å²) < 4.78 is 0. The zero-order valence-electron chi connectivity index (χ0n) is 12.8. The fourth-order valence-corrected chi connectivity index (χ4v) is 3.13. The summed E-state index contributed by atoms with van der Waals surface area (Å²) in [4.78, 5) is 14.9. The molecule has 24 heavy (non-hydrogen) atoms. The molecule has 124 valence electrons. The Bertz CT molecular complexity index is 752. The molecule has 0 saturated carbocycles. The summed E-state index contributed by atoms with van der Waals surface area (Å²) in [6.45, 7) is 0. The van der Waals surface area contributed by atoms with Crippen LogP contribution in [0.5, 0.6) is 0 Å². The smallest absolute Gasteiger partial charge is 0.303 e. The maximum absolute atomic E-state index is 12.6. The third-order valence-corrected chi connectivity index (χ3v) is 4.65. The zero-order chi connectivity index (χ0) is 17.2. The van der Waals surface area contributed by atoms with Gasteiger partial charge in [0.2, 0.25) is 0 Å². The lowest BCUT2D eigenvalue weighted by atomic mass is 10.1. The number of hydrogen-bond donors (Lipinski definition) is 4. The highest BCUT2D eigenvalue weighted by molar-refractivity contribution is 6.45. The molecule has 2 aromatic carbocycles. The van der Waals surface area contributed by atoms with Crippen LogP contribution in [0.4, 0.5) is 0 Å². The van der Waals surface area contributed by atoms with E-state index in [1.807, 2.05) is 36.4 Å². The first kappa shape index (κ1) is 16.8. The van der Waals surface area contributed by atoms with Gasteiger partial charge in [0.1, 0.15) is 0 Å². The molecule has 5 nitrogen and oxygen atoms in total. The van der Waals surface area contributed by atoms with Crippen LogP contribution in [0, 0.1) is 0 Å². The number of amides is 1. The second-order valence-electron chi connectivity index (χ2n) is 5.55. The Balaban J connectivity index is 1.87. The maximum atomic E-state index is 12.6. The molecule has 1 aliphatic heterocycles. The van der Waals surface area contributed by atoms with Gasteiger partial charge < -0.3 is 11.1 Å². The van der Waals surface area contributed by atoms with Crippen LogP contribution in [0.1, 0.15) is 15.9 Å². The average Bonchev–Trinajstić information content (AvgIpc) is 2.94. The first-order valence-corrected chi connectivity index (χ1v) is 8.36. The monoisotopic (exact) mass is 364 g/mol. The third kappa shape index (κ3) is 3.11. The number of carbonyl (C=O) groups is 1. The summed E-state index contributed by atoms with van der Waals surface area (Å²) in [5, 5.41) is 6.12. The van der Waals surface area contributed by atoms with Gasteiger partial charge in [0.05, 0.1) is 5.56 Å². The Morgan fingerprint density at radius 1 is 1.12 bits per heavy atom. The maximum Gasteiger partial charge on any atom is 0.303 e. The van der Waals surface area contributed by atoms with E-state index in [4.69, 9.17) is 23.2 Å². The number of hydrogen-bond acceptors (Lipinski definition) is 2. The fourth-order valence-electron chi connectivity index (χ4n) is 2.61. The van der Waals surface area contributed by atoms with Crippen molar-refractivity contribution in [3.05, 3.63) is 71.8 Å². The van der Waals surface area contributed by atoms with Gasteiger partial charge >= 0.3 is 5.66 Å². The largest absolute Gasteiger partial charge is 0.314 e. The van der Waals surface area contributed by atoms with Gasteiger partial charge in [0, 0.05) is 5.56 Å². The number of benzene rings is 2. The molecule has 1 amide bonds. The van der Waals surface area contributed by atoms with E-state index in [2.05, 4.69) is 21.4 Å². The van der Waals surface area contributed by atoms with E-state index in [1.165, 1.54) is 0 Å². The molecule has 1 heterocycles. The molecule has 7 heteroatoms. The molecule has 1 aliphatic rings. The van der Waals surface area contributed by atoms with Gasteiger partial charge in [-0.2, -0.15) is 0 Å². The van der Waals surface area contributed by atoms with Crippen LogP contribution >= 0.6 is 23.2 Å². The minimum absolute atomic E-state index is 0.279. The molecule has 3 rings (SSSR count). The van der Waals surface area contributed by atoms with E-state index in [0.29, 0.717) is 5.56 Å². The quantitative estimate of drug-likeness (QED) is 0.557. The van der Waals surface area contributed by atoms with E-state index >= 15 is 0 Å². The van der Waals surface area contributed by atoms with Crippen molar-refractivity contribution in [2.24, 2.45) is 0 Å². The lowest BCUT2D eigenvalue weighted by Gasteiger charge is -2.27. The lowest BCUT2D eigenvalue weighted by molar-refractivity contribution is -0.702. The number of quaternary nitrogens is 1. The third-order valence-electron chi connectivity index (χ3n) is 3.96. The van der Waals surface area contributed by atoms with Crippen molar-refractivity contribution in [3.63, 3.8) is 0 Å². The Hall–Kier alpha value is -2.08. The molecule has 0 bridgehead atoms. The first-order chi connectivity index (χ1) is 11.5. The van der Waals surface area contributed by atoms with Crippen LogP contribution in [-0.4, -0.2) is 28.4 Å². The predicted molar refractivity (Wildman–Crippen MR) is 93.5 cm³/mol. The van der Waals surface area contributed by atoms with E-state index in [0.717, 1.165) is 11.4 Å². The molecule has 0 aliphatic carbocycles. The van der Waals surface area contributed by atoms with Crippen LogP contribution in [-0.2, 0) is 0 Å². The van der Waals surface area contributed by atoms with Gasteiger partial charge in [-0.05, 0) is 24.3 Å². The molecule has 2 atom stereocenters. The molecule has 2 aromatic rings. The first-order valence-electron chi connectivity index (χ1n) is 7.49. The SMILES string of the molecule is [NH3+][C@@H]1[NH+]=C(c2ccccc2)N[C@]1(NC(=O)c1ccccc1)C(Cl)Cl. The minimum atomic E-state index is -1.12. The van der Waals surface area contributed by atoms with Gasteiger partial charge in [0.25, 0.3) is 17.9 Å². The number of carbonyl (C=O) groups excluding carboxylic acids is 1. The van der Waals surface area contributed by atoms with Crippen molar-refractivity contribution in [1.82, 2.24) is 10.6 Å². The van der Waals surface area contributed by atoms with Crippen molar-refractivity contribution in [2.45, 2.75) is 16.7 Å². The second-order valence-corrected chi connectivity index (χ2v) is 6.65. The number of halogens is 2. The molecular formula is C17H18Cl2N4O+2. The van der Waals surface area contributed by atoms with Crippen LogP contribution in [0.15, 0.2) is 60.7 Å². The van der Waals surface area contributed by atoms with Crippen LogP contribution in [0.2, 0.25) is 0 Å².